The first kappa shape index (κ1) is 21.1. The third-order valence-electron chi connectivity index (χ3n) is 6.64. The number of fused-ring (bicyclic) bond motifs is 4. The lowest BCUT2D eigenvalue weighted by Gasteiger charge is -2.42. The monoisotopic (exact) mass is 445 g/mol. The van der Waals surface area contributed by atoms with Crippen molar-refractivity contribution in [1.82, 2.24) is 9.47 Å². The predicted octanol–water partition coefficient (Wildman–Crippen LogP) is 4.18. The molecule has 3 heterocycles. The number of carbonyl (C=O) groups is 1. The van der Waals surface area contributed by atoms with Crippen molar-refractivity contribution in [3.05, 3.63) is 76.7 Å². The van der Waals surface area contributed by atoms with Crippen LogP contribution in [-0.2, 0) is 6.54 Å². The average Bonchev–Trinajstić information content (AvgIpc) is 2.85. The highest BCUT2D eigenvalue weighted by Gasteiger charge is 2.37. The van der Waals surface area contributed by atoms with E-state index in [1.54, 1.807) is 14.2 Å². The fraction of sp³-hybridized carbons (Fsp3) is 0.308. The smallest absolute Gasteiger partial charge is 0.321 e. The molecular formula is C26H27N3O4. The molecule has 2 aliphatic heterocycles. The minimum Gasteiger partial charge on any atom is -0.497 e. The molecule has 0 aliphatic carbocycles. The van der Waals surface area contributed by atoms with Gasteiger partial charge in [0.15, 0.2) is 0 Å². The minimum absolute atomic E-state index is 0.0271. The number of benzene rings is 2. The number of nitrogens with one attached hydrogen (secondary N) is 1. The lowest BCUT2D eigenvalue weighted by atomic mass is 9.83. The van der Waals surface area contributed by atoms with Crippen molar-refractivity contribution in [1.29, 1.82) is 0 Å². The van der Waals surface area contributed by atoms with E-state index >= 15 is 0 Å². The lowest BCUT2D eigenvalue weighted by Crippen LogP contribution is -2.50. The van der Waals surface area contributed by atoms with Gasteiger partial charge in [0, 0.05) is 36.8 Å². The summed E-state index contributed by atoms with van der Waals surface area (Å²) in [6, 6.07) is 18.8. The predicted molar refractivity (Wildman–Crippen MR) is 127 cm³/mol. The number of rotatable bonds is 4. The first-order valence-corrected chi connectivity index (χ1v) is 11.1. The number of ether oxygens (including phenoxy) is 2. The summed E-state index contributed by atoms with van der Waals surface area (Å²) in [7, 11) is 3.21. The Bertz CT molecular complexity index is 1240. The molecule has 0 spiro atoms. The summed E-state index contributed by atoms with van der Waals surface area (Å²) in [6.07, 6.45) is 0.986. The summed E-state index contributed by atoms with van der Waals surface area (Å²) in [5.41, 5.74) is 3.25. The number of piperidine rings is 1. The van der Waals surface area contributed by atoms with Gasteiger partial charge in [-0.05, 0) is 54.3 Å². The first-order valence-electron chi connectivity index (χ1n) is 11.1. The number of anilines is 1. The molecule has 1 saturated heterocycles. The fourth-order valence-corrected chi connectivity index (χ4v) is 5.04. The summed E-state index contributed by atoms with van der Waals surface area (Å²) in [5, 5.41) is 2.98. The second kappa shape index (κ2) is 8.65. The molecule has 7 nitrogen and oxygen atoms in total. The molecule has 2 bridgehead atoms. The Morgan fingerprint density at radius 2 is 1.73 bits per heavy atom. The van der Waals surface area contributed by atoms with E-state index < -0.39 is 0 Å². The number of amides is 2. The summed E-state index contributed by atoms with van der Waals surface area (Å²) < 4.78 is 12.5. The van der Waals surface area contributed by atoms with Crippen molar-refractivity contribution in [2.45, 2.75) is 18.9 Å². The molecule has 1 N–H and O–H groups in total. The molecule has 0 radical (unpaired) electrons. The number of para-hydroxylation sites is 2. The fourth-order valence-electron chi connectivity index (χ4n) is 5.04. The molecule has 33 heavy (non-hydrogen) atoms. The quantitative estimate of drug-likeness (QED) is 0.654. The molecule has 170 valence electrons. The SMILES string of the molecule is COc1ccc(-c2ccc3n(c2=O)CC2CC3CN(C(=O)Nc3ccccc3OC)C2)cc1. The normalized spacial score (nSPS) is 18.9. The molecule has 2 amide bonds. The van der Waals surface area contributed by atoms with Crippen LogP contribution in [0.3, 0.4) is 0 Å². The Kier molecular flexibility index (Phi) is 5.54. The van der Waals surface area contributed by atoms with E-state index in [1.165, 1.54) is 0 Å². The number of carbonyl (C=O) groups excluding carboxylic acids is 1. The maximum Gasteiger partial charge on any atom is 0.321 e. The number of hydrogen-bond donors (Lipinski definition) is 1. The van der Waals surface area contributed by atoms with E-state index in [-0.39, 0.29) is 23.4 Å². The highest BCUT2D eigenvalue weighted by atomic mass is 16.5. The number of pyridine rings is 1. The Hall–Kier alpha value is -3.74. The second-order valence-corrected chi connectivity index (χ2v) is 8.65. The maximum atomic E-state index is 13.4. The number of methoxy groups -OCH3 is 2. The van der Waals surface area contributed by atoms with Crippen LogP contribution in [-0.4, -0.2) is 42.8 Å². The Balaban J connectivity index is 1.38. The molecule has 2 aromatic carbocycles. The zero-order chi connectivity index (χ0) is 22.9. The lowest BCUT2D eigenvalue weighted by molar-refractivity contribution is 0.139. The zero-order valence-corrected chi connectivity index (χ0v) is 18.8. The van der Waals surface area contributed by atoms with Crippen molar-refractivity contribution in [3.63, 3.8) is 0 Å². The van der Waals surface area contributed by atoms with Crippen molar-refractivity contribution >= 4 is 11.7 Å². The molecule has 2 unspecified atom stereocenters. The molecule has 2 aliphatic rings. The van der Waals surface area contributed by atoms with Gasteiger partial charge in [0.2, 0.25) is 0 Å². The summed E-state index contributed by atoms with van der Waals surface area (Å²) in [5.74, 6) is 1.77. The standard InChI is InChI=1S/C26H27N3O4/c1-32-20-9-7-18(8-10-20)21-11-12-23-19-13-17(15-29(23)25(21)30)14-28(16-19)26(31)27-22-5-3-4-6-24(22)33-2/h3-12,17,19H,13-16H2,1-2H3,(H,27,31). The highest BCUT2D eigenvalue weighted by molar-refractivity contribution is 5.91. The van der Waals surface area contributed by atoms with Crippen LogP contribution in [0.1, 0.15) is 18.0 Å². The van der Waals surface area contributed by atoms with E-state index in [2.05, 4.69) is 5.32 Å². The number of nitrogens with zero attached hydrogens (tertiary/aromatic N) is 2. The third kappa shape index (κ3) is 3.95. The number of likely N-dealkylation sites (tertiary alicyclic amines) is 1. The third-order valence-corrected chi connectivity index (χ3v) is 6.64. The Morgan fingerprint density at radius 3 is 2.48 bits per heavy atom. The van der Waals surface area contributed by atoms with Gasteiger partial charge >= 0.3 is 6.03 Å². The molecular weight excluding hydrogens is 418 g/mol. The summed E-state index contributed by atoms with van der Waals surface area (Å²) in [6.45, 7) is 1.82. The van der Waals surface area contributed by atoms with Crippen LogP contribution >= 0.6 is 0 Å². The van der Waals surface area contributed by atoms with Gasteiger partial charge in [0.05, 0.1) is 19.9 Å². The molecule has 7 heteroatoms. The highest BCUT2D eigenvalue weighted by Crippen LogP contribution is 2.36. The van der Waals surface area contributed by atoms with Crippen LogP contribution in [0.15, 0.2) is 65.5 Å². The maximum absolute atomic E-state index is 13.4. The van der Waals surface area contributed by atoms with Crippen LogP contribution < -0.4 is 20.3 Å². The second-order valence-electron chi connectivity index (χ2n) is 8.65. The van der Waals surface area contributed by atoms with E-state index in [0.29, 0.717) is 36.6 Å². The Labute approximate surface area is 192 Å². The van der Waals surface area contributed by atoms with Gasteiger partial charge in [0.25, 0.3) is 5.56 Å². The minimum atomic E-state index is -0.139. The number of aromatic nitrogens is 1. The molecule has 1 fully saturated rings. The van der Waals surface area contributed by atoms with Crippen molar-refractivity contribution in [2.75, 3.05) is 32.6 Å². The van der Waals surface area contributed by atoms with Crippen LogP contribution in [0.5, 0.6) is 11.5 Å². The van der Waals surface area contributed by atoms with E-state index in [0.717, 1.165) is 23.4 Å². The van der Waals surface area contributed by atoms with Gasteiger partial charge in [-0.1, -0.05) is 24.3 Å². The number of hydrogen-bond acceptors (Lipinski definition) is 4. The van der Waals surface area contributed by atoms with Gasteiger partial charge in [0.1, 0.15) is 11.5 Å². The van der Waals surface area contributed by atoms with Crippen LogP contribution in [0.4, 0.5) is 10.5 Å². The number of urea groups is 1. The Morgan fingerprint density at radius 1 is 0.939 bits per heavy atom. The molecule has 3 aromatic rings. The van der Waals surface area contributed by atoms with Crippen LogP contribution in [0.2, 0.25) is 0 Å². The van der Waals surface area contributed by atoms with Gasteiger partial charge in [-0.3, -0.25) is 4.79 Å². The van der Waals surface area contributed by atoms with Crippen molar-refractivity contribution < 1.29 is 14.3 Å². The van der Waals surface area contributed by atoms with Gasteiger partial charge in [-0.25, -0.2) is 4.79 Å². The van der Waals surface area contributed by atoms with Gasteiger partial charge in [-0.2, -0.15) is 0 Å². The largest absolute Gasteiger partial charge is 0.497 e. The zero-order valence-electron chi connectivity index (χ0n) is 18.8. The molecule has 0 saturated carbocycles. The van der Waals surface area contributed by atoms with E-state index in [1.807, 2.05) is 70.1 Å². The van der Waals surface area contributed by atoms with Gasteiger partial charge in [-0.15, -0.1) is 0 Å². The molecule has 5 rings (SSSR count). The summed E-state index contributed by atoms with van der Waals surface area (Å²) >= 11 is 0. The average molecular weight is 446 g/mol. The molecule has 1 aromatic heterocycles. The van der Waals surface area contributed by atoms with Gasteiger partial charge < -0.3 is 24.3 Å². The van der Waals surface area contributed by atoms with Crippen molar-refractivity contribution in [2.24, 2.45) is 5.92 Å². The summed E-state index contributed by atoms with van der Waals surface area (Å²) in [4.78, 5) is 28.2. The van der Waals surface area contributed by atoms with Crippen LogP contribution in [0.25, 0.3) is 11.1 Å². The van der Waals surface area contributed by atoms with Crippen molar-refractivity contribution in [3.8, 4) is 22.6 Å². The first-order chi connectivity index (χ1) is 16.1. The molecule has 2 atom stereocenters. The topological polar surface area (TPSA) is 72.8 Å². The van der Waals surface area contributed by atoms with E-state index in [9.17, 15) is 9.59 Å². The van der Waals surface area contributed by atoms with Crippen LogP contribution in [0, 0.1) is 5.92 Å². The van der Waals surface area contributed by atoms with E-state index in [4.69, 9.17) is 9.47 Å².